The maximum Gasteiger partial charge on any atom is 0.222 e. The average molecular weight is 384 g/mol. The minimum absolute atomic E-state index is 0.0521. The lowest BCUT2D eigenvalue weighted by molar-refractivity contribution is -0.130. The Hall–Kier alpha value is -2.10. The zero-order valence-electron chi connectivity index (χ0n) is 17.4. The van der Waals surface area contributed by atoms with Crippen LogP contribution >= 0.6 is 0 Å². The van der Waals surface area contributed by atoms with Gasteiger partial charge in [0.1, 0.15) is 11.9 Å². The summed E-state index contributed by atoms with van der Waals surface area (Å²) in [4.78, 5) is 18.1. The zero-order chi connectivity index (χ0) is 20.1. The SMILES string of the molecule is C=C=CC(NCC1CC1(C)CCN(CC)C(=O)CC)C1Cc2ccncc2O1. The van der Waals surface area contributed by atoms with E-state index in [4.69, 9.17) is 4.74 Å². The largest absolute Gasteiger partial charge is 0.486 e. The number of carbonyl (C=O) groups is 1. The fraction of sp³-hybridized carbons (Fsp3) is 0.609. The molecular formula is C23H33N3O2. The normalized spacial score (nSPS) is 26.0. The van der Waals surface area contributed by atoms with Gasteiger partial charge in [0.05, 0.1) is 12.2 Å². The van der Waals surface area contributed by atoms with Gasteiger partial charge in [0.25, 0.3) is 0 Å². The van der Waals surface area contributed by atoms with Crippen molar-refractivity contribution in [3.05, 3.63) is 42.4 Å². The minimum Gasteiger partial charge on any atom is -0.486 e. The van der Waals surface area contributed by atoms with Crippen LogP contribution in [0.25, 0.3) is 0 Å². The highest BCUT2D eigenvalue weighted by Gasteiger charge is 2.49. The number of rotatable bonds is 10. The van der Waals surface area contributed by atoms with Crippen LogP contribution in [0.1, 0.15) is 45.6 Å². The first-order chi connectivity index (χ1) is 13.5. The molecule has 4 unspecified atom stereocenters. The molecule has 1 aliphatic heterocycles. The number of aromatic nitrogens is 1. The lowest BCUT2D eigenvalue weighted by Crippen LogP contribution is -2.42. The molecule has 1 N–H and O–H groups in total. The molecule has 0 spiro atoms. The van der Waals surface area contributed by atoms with E-state index < -0.39 is 0 Å². The fourth-order valence-corrected chi connectivity index (χ4v) is 4.21. The summed E-state index contributed by atoms with van der Waals surface area (Å²) in [6.45, 7) is 12.7. The van der Waals surface area contributed by atoms with Crippen molar-refractivity contribution in [1.29, 1.82) is 0 Å². The van der Waals surface area contributed by atoms with Gasteiger partial charge in [-0.3, -0.25) is 9.78 Å². The predicted octanol–water partition coefficient (Wildman–Crippen LogP) is 3.36. The van der Waals surface area contributed by atoms with Gasteiger partial charge in [0.2, 0.25) is 5.91 Å². The third-order valence-corrected chi connectivity index (χ3v) is 6.40. The molecule has 4 atom stereocenters. The molecule has 1 fully saturated rings. The van der Waals surface area contributed by atoms with Crippen LogP contribution in [-0.2, 0) is 11.2 Å². The highest BCUT2D eigenvalue weighted by atomic mass is 16.5. The standard InChI is InChI=1S/C23H33N3O2/c1-5-8-19(20-13-17-9-11-24-16-21(17)28-20)25-15-18-14-23(18,4)10-12-26(7-3)22(27)6-2/h8-9,11,16,18-20,25H,1,6-7,10,12-15H2,2-4H3. The Kier molecular flexibility index (Phi) is 6.58. The number of nitrogens with zero attached hydrogens (tertiary/aromatic N) is 2. The number of hydrogen-bond donors (Lipinski definition) is 1. The second-order valence-corrected chi connectivity index (χ2v) is 8.28. The molecule has 5 nitrogen and oxygen atoms in total. The van der Waals surface area contributed by atoms with Gasteiger partial charge in [0.15, 0.2) is 0 Å². The summed E-state index contributed by atoms with van der Waals surface area (Å²) in [6, 6.07) is 2.11. The third kappa shape index (κ3) is 4.65. The first-order valence-electron chi connectivity index (χ1n) is 10.5. The van der Waals surface area contributed by atoms with Crippen LogP contribution in [0.5, 0.6) is 5.75 Å². The van der Waals surface area contributed by atoms with Crippen molar-refractivity contribution in [1.82, 2.24) is 15.2 Å². The van der Waals surface area contributed by atoms with Crippen molar-refractivity contribution in [2.24, 2.45) is 11.3 Å². The number of nitrogens with one attached hydrogen (secondary N) is 1. The average Bonchev–Trinajstić information content (AvgIpc) is 3.15. The molecule has 0 aromatic carbocycles. The summed E-state index contributed by atoms with van der Waals surface area (Å²) in [5.74, 6) is 1.77. The molecule has 0 radical (unpaired) electrons. The maximum atomic E-state index is 12.0. The van der Waals surface area contributed by atoms with Crippen LogP contribution in [0.2, 0.25) is 0 Å². The van der Waals surface area contributed by atoms with Crippen LogP contribution in [0.4, 0.5) is 0 Å². The second-order valence-electron chi connectivity index (χ2n) is 8.28. The van der Waals surface area contributed by atoms with Gasteiger partial charge in [-0.25, -0.2) is 0 Å². The molecule has 0 bridgehead atoms. The Labute approximate surface area is 168 Å². The van der Waals surface area contributed by atoms with Crippen LogP contribution in [0.15, 0.2) is 36.8 Å². The number of amides is 1. The minimum atomic E-state index is 0.0521. The van der Waals surface area contributed by atoms with Crippen LogP contribution in [-0.4, -0.2) is 47.6 Å². The smallest absolute Gasteiger partial charge is 0.222 e. The summed E-state index contributed by atoms with van der Waals surface area (Å²) >= 11 is 0. The molecule has 28 heavy (non-hydrogen) atoms. The Balaban J connectivity index is 1.49. The summed E-state index contributed by atoms with van der Waals surface area (Å²) in [5.41, 5.74) is 4.45. The summed E-state index contributed by atoms with van der Waals surface area (Å²) in [5, 5.41) is 3.67. The molecular weight excluding hydrogens is 350 g/mol. The summed E-state index contributed by atoms with van der Waals surface area (Å²) in [7, 11) is 0. The predicted molar refractivity (Wildman–Crippen MR) is 111 cm³/mol. The maximum absolute atomic E-state index is 12.0. The molecule has 1 aliphatic carbocycles. The van der Waals surface area contributed by atoms with Gasteiger partial charge in [-0.15, -0.1) is 5.73 Å². The lowest BCUT2D eigenvalue weighted by Gasteiger charge is -2.24. The van der Waals surface area contributed by atoms with Crippen molar-refractivity contribution in [2.45, 2.75) is 58.6 Å². The molecule has 2 aliphatic rings. The van der Waals surface area contributed by atoms with E-state index >= 15 is 0 Å². The molecule has 1 amide bonds. The Bertz CT molecular complexity index is 718. The van der Waals surface area contributed by atoms with Crippen molar-refractivity contribution in [2.75, 3.05) is 19.6 Å². The van der Waals surface area contributed by atoms with E-state index in [-0.39, 0.29) is 18.1 Å². The Morgan fingerprint density at radius 2 is 2.39 bits per heavy atom. The van der Waals surface area contributed by atoms with Crippen LogP contribution in [0, 0.1) is 11.3 Å². The number of fused-ring (bicyclic) bond motifs is 1. The van der Waals surface area contributed by atoms with Crippen LogP contribution in [0.3, 0.4) is 0 Å². The number of pyridine rings is 1. The van der Waals surface area contributed by atoms with Crippen molar-refractivity contribution in [3.63, 3.8) is 0 Å². The van der Waals surface area contributed by atoms with Crippen molar-refractivity contribution in [3.8, 4) is 5.75 Å². The molecule has 1 aromatic rings. The monoisotopic (exact) mass is 383 g/mol. The summed E-state index contributed by atoms with van der Waals surface area (Å²) < 4.78 is 6.09. The highest BCUT2D eigenvalue weighted by Crippen LogP contribution is 2.54. The summed E-state index contributed by atoms with van der Waals surface area (Å²) in [6.07, 6.45) is 9.37. The van der Waals surface area contributed by atoms with E-state index in [1.165, 1.54) is 12.0 Å². The quantitative estimate of drug-likeness (QED) is 0.630. The number of ether oxygens (including phenoxy) is 1. The number of hydrogen-bond acceptors (Lipinski definition) is 4. The molecule has 1 aromatic heterocycles. The molecule has 5 heteroatoms. The van der Waals surface area contributed by atoms with Crippen molar-refractivity contribution >= 4 is 5.91 Å². The van der Waals surface area contributed by atoms with E-state index in [0.717, 1.165) is 38.2 Å². The third-order valence-electron chi connectivity index (χ3n) is 6.40. The molecule has 1 saturated carbocycles. The van der Waals surface area contributed by atoms with E-state index in [9.17, 15) is 4.79 Å². The zero-order valence-corrected chi connectivity index (χ0v) is 17.4. The topological polar surface area (TPSA) is 54.5 Å². The Morgan fingerprint density at radius 3 is 3.07 bits per heavy atom. The van der Waals surface area contributed by atoms with Gasteiger partial charge in [0, 0.05) is 37.7 Å². The second kappa shape index (κ2) is 8.93. The van der Waals surface area contributed by atoms with E-state index in [2.05, 4.69) is 36.5 Å². The highest BCUT2D eigenvalue weighted by molar-refractivity contribution is 5.75. The van der Waals surface area contributed by atoms with Gasteiger partial charge in [-0.2, -0.15) is 0 Å². The number of carbonyl (C=O) groups excluding carboxylic acids is 1. The van der Waals surface area contributed by atoms with Gasteiger partial charge >= 0.3 is 0 Å². The fourth-order valence-electron chi connectivity index (χ4n) is 4.21. The molecule has 0 saturated heterocycles. The van der Waals surface area contributed by atoms with E-state index in [1.54, 1.807) is 6.20 Å². The first kappa shape index (κ1) is 20.6. The van der Waals surface area contributed by atoms with Gasteiger partial charge in [-0.05, 0) is 49.8 Å². The Morgan fingerprint density at radius 1 is 1.57 bits per heavy atom. The van der Waals surface area contributed by atoms with Crippen molar-refractivity contribution < 1.29 is 9.53 Å². The molecule has 2 heterocycles. The van der Waals surface area contributed by atoms with E-state index in [0.29, 0.717) is 17.8 Å². The first-order valence-corrected chi connectivity index (χ1v) is 10.5. The van der Waals surface area contributed by atoms with Gasteiger partial charge in [-0.1, -0.05) is 20.4 Å². The van der Waals surface area contributed by atoms with Gasteiger partial charge < -0.3 is 15.0 Å². The lowest BCUT2D eigenvalue weighted by atomic mass is 10.0. The van der Waals surface area contributed by atoms with E-state index in [1.807, 2.05) is 30.2 Å². The molecule has 152 valence electrons. The molecule has 3 rings (SSSR count). The van der Waals surface area contributed by atoms with Crippen LogP contribution < -0.4 is 10.1 Å².